The summed E-state index contributed by atoms with van der Waals surface area (Å²) in [4.78, 5) is 6.84. The van der Waals surface area contributed by atoms with E-state index >= 15 is 0 Å². The van der Waals surface area contributed by atoms with Gasteiger partial charge in [0.2, 0.25) is 0 Å². The van der Waals surface area contributed by atoms with E-state index in [9.17, 15) is 0 Å². The first kappa shape index (κ1) is 14.3. The van der Waals surface area contributed by atoms with E-state index in [4.69, 9.17) is 4.74 Å². The van der Waals surface area contributed by atoms with Crippen LogP contribution in [0.15, 0.2) is 42.7 Å². The van der Waals surface area contributed by atoms with Gasteiger partial charge >= 0.3 is 0 Å². The summed E-state index contributed by atoms with van der Waals surface area (Å²) in [6, 6.07) is 5.93. The largest absolute Gasteiger partial charge is 0.362 e. The number of piperidine rings is 1. The SMILES string of the molecule is C1=CC(OCCN2CCCCC2)NC=C1c1ccccn1. The molecule has 1 unspecified atom stereocenters. The lowest BCUT2D eigenvalue weighted by molar-refractivity contribution is 0.0492. The molecule has 0 bridgehead atoms. The van der Waals surface area contributed by atoms with Crippen LogP contribution in [0.5, 0.6) is 0 Å². The molecule has 0 amide bonds. The number of nitrogens with zero attached hydrogens (tertiary/aromatic N) is 2. The average molecular weight is 285 g/mol. The molecule has 0 radical (unpaired) electrons. The first-order chi connectivity index (χ1) is 10.4. The van der Waals surface area contributed by atoms with Crippen molar-refractivity contribution in [2.24, 2.45) is 0 Å². The van der Waals surface area contributed by atoms with Gasteiger partial charge in [-0.05, 0) is 44.1 Å². The maximum absolute atomic E-state index is 5.87. The Kier molecular flexibility index (Phi) is 5.03. The number of pyridine rings is 1. The summed E-state index contributed by atoms with van der Waals surface area (Å²) < 4.78 is 5.87. The van der Waals surface area contributed by atoms with Crippen LogP contribution in [0, 0.1) is 0 Å². The van der Waals surface area contributed by atoms with E-state index in [0.717, 1.165) is 24.4 Å². The summed E-state index contributed by atoms with van der Waals surface area (Å²) in [5.41, 5.74) is 2.07. The van der Waals surface area contributed by atoms with Crippen LogP contribution in [0.25, 0.3) is 5.57 Å². The number of dihydropyridines is 1. The third kappa shape index (κ3) is 4.16. The molecule has 2 aliphatic heterocycles. The Morgan fingerprint density at radius 2 is 2.14 bits per heavy atom. The molecule has 3 rings (SSSR count). The van der Waals surface area contributed by atoms with Gasteiger partial charge in [0.1, 0.15) is 6.23 Å². The van der Waals surface area contributed by atoms with Crippen molar-refractivity contribution in [3.05, 3.63) is 48.4 Å². The van der Waals surface area contributed by atoms with Gasteiger partial charge in [-0.25, -0.2) is 0 Å². The Morgan fingerprint density at radius 1 is 1.24 bits per heavy atom. The van der Waals surface area contributed by atoms with E-state index in [0.29, 0.717) is 0 Å². The second-order valence-electron chi connectivity index (χ2n) is 5.53. The molecule has 21 heavy (non-hydrogen) atoms. The van der Waals surface area contributed by atoms with Crippen molar-refractivity contribution in [1.82, 2.24) is 15.2 Å². The lowest BCUT2D eigenvalue weighted by Crippen LogP contribution is -2.35. The molecule has 0 spiro atoms. The molecule has 112 valence electrons. The molecular formula is C17H23N3O. The highest BCUT2D eigenvalue weighted by molar-refractivity contribution is 5.72. The molecule has 0 saturated carbocycles. The monoisotopic (exact) mass is 285 g/mol. The normalized spacial score (nSPS) is 22.7. The van der Waals surface area contributed by atoms with Gasteiger partial charge in [0, 0.05) is 24.5 Å². The fraction of sp³-hybridized carbons (Fsp3) is 0.471. The minimum absolute atomic E-state index is 0.0257. The van der Waals surface area contributed by atoms with Crippen LogP contribution in [0.4, 0.5) is 0 Å². The number of likely N-dealkylation sites (tertiary alicyclic amines) is 1. The standard InChI is InChI=1S/C17H23N3O/c1-4-10-20(11-5-1)12-13-21-17-8-7-15(14-19-17)16-6-2-3-9-18-16/h2-3,6-9,14,17,19H,1,4-5,10-13H2. The zero-order valence-corrected chi connectivity index (χ0v) is 12.4. The number of allylic oxidation sites excluding steroid dienone is 2. The average Bonchev–Trinajstić information content (AvgIpc) is 2.57. The van der Waals surface area contributed by atoms with Crippen LogP contribution in [-0.2, 0) is 4.74 Å². The number of ether oxygens (including phenoxy) is 1. The molecule has 2 aliphatic rings. The zero-order chi connectivity index (χ0) is 14.3. The molecule has 0 aromatic carbocycles. The molecule has 3 heterocycles. The minimum atomic E-state index is -0.0257. The summed E-state index contributed by atoms with van der Waals surface area (Å²) in [6.07, 6.45) is 11.9. The van der Waals surface area contributed by atoms with Gasteiger partial charge in [-0.2, -0.15) is 0 Å². The Morgan fingerprint density at radius 3 is 2.86 bits per heavy atom. The second kappa shape index (κ2) is 7.38. The van der Waals surface area contributed by atoms with E-state index in [1.807, 2.05) is 30.6 Å². The summed E-state index contributed by atoms with van der Waals surface area (Å²) in [5.74, 6) is 0. The molecule has 1 aromatic rings. The van der Waals surface area contributed by atoms with E-state index in [2.05, 4.69) is 27.4 Å². The molecule has 1 fully saturated rings. The predicted molar refractivity (Wildman–Crippen MR) is 84.5 cm³/mol. The van der Waals surface area contributed by atoms with Gasteiger partial charge < -0.3 is 15.0 Å². The van der Waals surface area contributed by atoms with Gasteiger partial charge in [-0.15, -0.1) is 0 Å². The van der Waals surface area contributed by atoms with Crippen LogP contribution in [0.3, 0.4) is 0 Å². The summed E-state index contributed by atoms with van der Waals surface area (Å²) in [5, 5.41) is 3.28. The van der Waals surface area contributed by atoms with Gasteiger partial charge in [-0.3, -0.25) is 4.98 Å². The number of hydrogen-bond acceptors (Lipinski definition) is 4. The van der Waals surface area contributed by atoms with Crippen molar-refractivity contribution >= 4 is 5.57 Å². The third-order valence-corrected chi connectivity index (χ3v) is 3.97. The van der Waals surface area contributed by atoms with Crippen LogP contribution in [-0.4, -0.2) is 42.4 Å². The number of nitrogens with one attached hydrogen (secondary N) is 1. The second-order valence-corrected chi connectivity index (χ2v) is 5.53. The Labute approximate surface area is 126 Å². The van der Waals surface area contributed by atoms with Crippen LogP contribution >= 0.6 is 0 Å². The van der Waals surface area contributed by atoms with Crippen molar-refractivity contribution in [1.29, 1.82) is 0 Å². The summed E-state index contributed by atoms with van der Waals surface area (Å²) in [7, 11) is 0. The predicted octanol–water partition coefficient (Wildman–Crippen LogP) is 2.41. The van der Waals surface area contributed by atoms with Crippen molar-refractivity contribution in [3.63, 3.8) is 0 Å². The van der Waals surface area contributed by atoms with Crippen molar-refractivity contribution in [2.75, 3.05) is 26.2 Å². The number of hydrogen-bond donors (Lipinski definition) is 1. The fourth-order valence-corrected chi connectivity index (χ4v) is 2.75. The van der Waals surface area contributed by atoms with E-state index < -0.39 is 0 Å². The zero-order valence-electron chi connectivity index (χ0n) is 12.4. The highest BCUT2D eigenvalue weighted by atomic mass is 16.5. The lowest BCUT2D eigenvalue weighted by Gasteiger charge is -2.27. The van der Waals surface area contributed by atoms with Gasteiger partial charge in [0.25, 0.3) is 0 Å². The molecule has 0 aliphatic carbocycles. The van der Waals surface area contributed by atoms with E-state index in [1.54, 1.807) is 0 Å². The molecule has 1 saturated heterocycles. The van der Waals surface area contributed by atoms with Crippen molar-refractivity contribution in [2.45, 2.75) is 25.5 Å². The number of rotatable bonds is 5. The molecule has 1 N–H and O–H groups in total. The highest BCUT2D eigenvalue weighted by Gasteiger charge is 2.12. The molecule has 1 atom stereocenters. The van der Waals surface area contributed by atoms with Crippen LogP contribution < -0.4 is 5.32 Å². The summed E-state index contributed by atoms with van der Waals surface area (Å²) in [6.45, 7) is 4.25. The quantitative estimate of drug-likeness (QED) is 0.901. The Hall–Kier alpha value is -1.65. The maximum atomic E-state index is 5.87. The van der Waals surface area contributed by atoms with Gasteiger partial charge in [0.15, 0.2) is 0 Å². The van der Waals surface area contributed by atoms with Crippen molar-refractivity contribution in [3.8, 4) is 0 Å². The molecule has 1 aromatic heterocycles. The maximum Gasteiger partial charge on any atom is 0.146 e. The molecular weight excluding hydrogens is 262 g/mol. The van der Waals surface area contributed by atoms with Crippen LogP contribution in [0.2, 0.25) is 0 Å². The van der Waals surface area contributed by atoms with Gasteiger partial charge in [0.05, 0.1) is 12.3 Å². The Balaban J connectivity index is 1.41. The van der Waals surface area contributed by atoms with Crippen LogP contribution in [0.1, 0.15) is 25.0 Å². The first-order valence-corrected chi connectivity index (χ1v) is 7.81. The smallest absolute Gasteiger partial charge is 0.146 e. The summed E-state index contributed by atoms with van der Waals surface area (Å²) >= 11 is 0. The number of aromatic nitrogens is 1. The van der Waals surface area contributed by atoms with E-state index in [1.165, 1.54) is 32.4 Å². The minimum Gasteiger partial charge on any atom is -0.362 e. The highest BCUT2D eigenvalue weighted by Crippen LogP contribution is 2.15. The Bertz CT molecular complexity index is 492. The third-order valence-electron chi connectivity index (χ3n) is 3.97. The van der Waals surface area contributed by atoms with E-state index in [-0.39, 0.29) is 6.23 Å². The lowest BCUT2D eigenvalue weighted by atomic mass is 10.1. The fourth-order valence-electron chi connectivity index (χ4n) is 2.75. The molecule has 4 nitrogen and oxygen atoms in total. The molecule has 4 heteroatoms. The van der Waals surface area contributed by atoms with Crippen molar-refractivity contribution < 1.29 is 4.74 Å². The first-order valence-electron chi connectivity index (χ1n) is 7.81. The topological polar surface area (TPSA) is 37.4 Å². The van der Waals surface area contributed by atoms with Gasteiger partial charge in [-0.1, -0.05) is 18.6 Å².